The van der Waals surface area contributed by atoms with E-state index in [-0.39, 0.29) is 12.1 Å². The summed E-state index contributed by atoms with van der Waals surface area (Å²) >= 11 is 0. The molecule has 0 aliphatic carbocycles. The number of carbonyl (C=O) groups is 1. The lowest BCUT2D eigenvalue weighted by molar-refractivity contribution is 0.0308. The van der Waals surface area contributed by atoms with Crippen molar-refractivity contribution < 1.29 is 14.3 Å². The number of anilines is 1. The molecule has 0 spiro atoms. The zero-order valence-corrected chi connectivity index (χ0v) is 14.6. The average molecular weight is 351 g/mol. The molecule has 0 aromatic heterocycles. The number of carbonyl (C=O) groups excluding carboxylic acids is 1. The maximum absolute atomic E-state index is 12.1. The van der Waals surface area contributed by atoms with Gasteiger partial charge in [0.2, 0.25) is 0 Å². The van der Waals surface area contributed by atoms with Crippen LogP contribution in [0.1, 0.15) is 22.3 Å². The number of nitrogens with zero attached hydrogens (tertiary/aromatic N) is 1. The summed E-state index contributed by atoms with van der Waals surface area (Å²) in [5, 5.41) is 14.8. The molecule has 26 heavy (non-hydrogen) atoms. The summed E-state index contributed by atoms with van der Waals surface area (Å²) in [7, 11) is 1.58. The number of hydrogen-bond donors (Lipinski definition) is 2. The first kappa shape index (κ1) is 17.9. The second-order valence-corrected chi connectivity index (χ2v) is 6.16. The molecule has 134 valence electrons. The molecule has 1 heterocycles. The first-order valence-electron chi connectivity index (χ1n) is 8.45. The third-order valence-corrected chi connectivity index (χ3v) is 4.32. The van der Waals surface area contributed by atoms with Gasteiger partial charge < -0.3 is 20.1 Å². The number of amides is 2. The Hall–Kier alpha value is -2.88. The molecule has 2 aromatic carbocycles. The minimum absolute atomic E-state index is 0.0469. The van der Waals surface area contributed by atoms with E-state index in [0.29, 0.717) is 31.0 Å². The summed E-state index contributed by atoms with van der Waals surface area (Å²) in [6.45, 7) is 1.35. The van der Waals surface area contributed by atoms with E-state index in [9.17, 15) is 10.1 Å². The van der Waals surface area contributed by atoms with Gasteiger partial charge in [0.15, 0.2) is 0 Å². The van der Waals surface area contributed by atoms with Gasteiger partial charge in [0.05, 0.1) is 31.0 Å². The second-order valence-electron chi connectivity index (χ2n) is 6.16. The molecule has 3 rings (SSSR count). The van der Waals surface area contributed by atoms with Gasteiger partial charge in [0.25, 0.3) is 0 Å². The van der Waals surface area contributed by atoms with Crippen molar-refractivity contribution in [2.75, 3.05) is 19.0 Å². The van der Waals surface area contributed by atoms with E-state index in [1.54, 1.807) is 25.3 Å². The van der Waals surface area contributed by atoms with E-state index in [2.05, 4.69) is 28.8 Å². The van der Waals surface area contributed by atoms with Gasteiger partial charge in [-0.25, -0.2) is 4.79 Å². The van der Waals surface area contributed by atoms with Crippen molar-refractivity contribution >= 4 is 11.7 Å². The van der Waals surface area contributed by atoms with Gasteiger partial charge in [0.1, 0.15) is 0 Å². The van der Waals surface area contributed by atoms with Crippen LogP contribution < -0.4 is 10.6 Å². The predicted molar refractivity (Wildman–Crippen MR) is 97.6 cm³/mol. The Balaban J connectivity index is 1.53. The second kappa shape index (κ2) is 8.48. The van der Waals surface area contributed by atoms with Crippen molar-refractivity contribution in [3.8, 4) is 6.07 Å². The number of hydrogen-bond acceptors (Lipinski definition) is 4. The van der Waals surface area contributed by atoms with Gasteiger partial charge in [-0.1, -0.05) is 30.3 Å². The molecular formula is C20H21N3O3. The fourth-order valence-corrected chi connectivity index (χ4v) is 2.96. The van der Waals surface area contributed by atoms with Crippen molar-refractivity contribution in [3.63, 3.8) is 0 Å². The third-order valence-electron chi connectivity index (χ3n) is 4.32. The fourth-order valence-electron chi connectivity index (χ4n) is 2.96. The molecule has 0 saturated carbocycles. The van der Waals surface area contributed by atoms with E-state index in [1.807, 2.05) is 12.1 Å². The molecule has 1 aliphatic heterocycles. The van der Waals surface area contributed by atoms with Crippen molar-refractivity contribution in [1.82, 2.24) is 5.32 Å². The highest BCUT2D eigenvalue weighted by molar-refractivity contribution is 5.89. The number of nitrogens with one attached hydrogen (secondary N) is 2. The SMILES string of the molecule is COCc1ccc(NC(=O)NC[C@@H]2Cc3ccccc3CO2)cc1C#N. The first-order valence-corrected chi connectivity index (χ1v) is 8.45. The van der Waals surface area contributed by atoms with Crippen LogP contribution in [0.25, 0.3) is 0 Å². The van der Waals surface area contributed by atoms with Gasteiger partial charge in [-0.2, -0.15) is 5.26 Å². The van der Waals surface area contributed by atoms with E-state index < -0.39 is 0 Å². The average Bonchev–Trinajstić information content (AvgIpc) is 2.67. The molecule has 2 aromatic rings. The Bertz CT molecular complexity index is 829. The molecule has 0 saturated heterocycles. The van der Waals surface area contributed by atoms with Gasteiger partial charge in [-0.05, 0) is 28.8 Å². The van der Waals surface area contributed by atoms with Crippen LogP contribution in [0.3, 0.4) is 0 Å². The van der Waals surface area contributed by atoms with E-state index in [1.165, 1.54) is 11.1 Å². The number of rotatable bonds is 5. The standard InChI is InChI=1S/C20H21N3O3/c1-25-12-16-6-7-18(8-17(16)10-21)23-20(24)22-11-19-9-14-4-2-3-5-15(14)13-26-19/h2-8,19H,9,11-13H2,1H3,(H2,22,23,24)/t19-/m0/s1. The summed E-state index contributed by atoms with van der Waals surface area (Å²) in [5.41, 5.74) is 4.30. The van der Waals surface area contributed by atoms with Crippen LogP contribution in [0.4, 0.5) is 10.5 Å². The van der Waals surface area contributed by atoms with Crippen molar-refractivity contribution in [2.45, 2.75) is 25.7 Å². The van der Waals surface area contributed by atoms with Crippen molar-refractivity contribution in [3.05, 3.63) is 64.7 Å². The quantitative estimate of drug-likeness (QED) is 0.867. The zero-order valence-electron chi connectivity index (χ0n) is 14.6. The molecule has 0 unspecified atom stereocenters. The highest BCUT2D eigenvalue weighted by Gasteiger charge is 2.19. The van der Waals surface area contributed by atoms with Crippen LogP contribution in [0.2, 0.25) is 0 Å². The predicted octanol–water partition coefficient (Wildman–Crippen LogP) is 2.97. The van der Waals surface area contributed by atoms with Gasteiger partial charge in [0, 0.05) is 25.8 Å². The summed E-state index contributed by atoms with van der Waals surface area (Å²) in [5.74, 6) is 0. The van der Waals surface area contributed by atoms with Crippen LogP contribution in [-0.4, -0.2) is 25.8 Å². The summed E-state index contributed by atoms with van der Waals surface area (Å²) in [4.78, 5) is 12.1. The maximum atomic E-state index is 12.1. The largest absolute Gasteiger partial charge is 0.380 e. The van der Waals surface area contributed by atoms with E-state index in [0.717, 1.165) is 12.0 Å². The highest BCUT2D eigenvalue weighted by atomic mass is 16.5. The van der Waals surface area contributed by atoms with Gasteiger partial charge in [-0.15, -0.1) is 0 Å². The van der Waals surface area contributed by atoms with Gasteiger partial charge >= 0.3 is 6.03 Å². The van der Waals surface area contributed by atoms with Crippen LogP contribution in [0.5, 0.6) is 0 Å². The smallest absolute Gasteiger partial charge is 0.319 e. The van der Waals surface area contributed by atoms with Crippen LogP contribution in [0.15, 0.2) is 42.5 Å². The number of fused-ring (bicyclic) bond motifs is 1. The Morgan fingerprint density at radius 3 is 2.88 bits per heavy atom. The lowest BCUT2D eigenvalue weighted by Crippen LogP contribution is -2.38. The van der Waals surface area contributed by atoms with Crippen LogP contribution >= 0.6 is 0 Å². The molecule has 2 N–H and O–H groups in total. The molecule has 1 aliphatic rings. The topological polar surface area (TPSA) is 83.4 Å². The molecular weight excluding hydrogens is 330 g/mol. The zero-order chi connectivity index (χ0) is 18.4. The normalized spacial score (nSPS) is 15.6. The van der Waals surface area contributed by atoms with E-state index in [4.69, 9.17) is 9.47 Å². The molecule has 6 heteroatoms. The third kappa shape index (κ3) is 4.39. The molecule has 2 amide bonds. The number of benzene rings is 2. The van der Waals surface area contributed by atoms with E-state index >= 15 is 0 Å². The van der Waals surface area contributed by atoms with Crippen molar-refractivity contribution in [2.24, 2.45) is 0 Å². The monoisotopic (exact) mass is 351 g/mol. The minimum Gasteiger partial charge on any atom is -0.380 e. The van der Waals surface area contributed by atoms with Gasteiger partial charge in [-0.3, -0.25) is 0 Å². The Morgan fingerprint density at radius 2 is 2.12 bits per heavy atom. The fraction of sp³-hybridized carbons (Fsp3) is 0.300. The highest BCUT2D eigenvalue weighted by Crippen LogP contribution is 2.20. The maximum Gasteiger partial charge on any atom is 0.319 e. The molecule has 0 radical (unpaired) electrons. The molecule has 0 bridgehead atoms. The number of methoxy groups -OCH3 is 1. The van der Waals surface area contributed by atoms with Crippen LogP contribution in [-0.2, 0) is 29.1 Å². The summed E-state index contributed by atoms with van der Waals surface area (Å²) in [6, 6.07) is 15.1. The first-order chi connectivity index (χ1) is 12.7. The Morgan fingerprint density at radius 1 is 1.31 bits per heavy atom. The molecule has 6 nitrogen and oxygen atoms in total. The lowest BCUT2D eigenvalue weighted by atomic mass is 9.99. The Kier molecular flexibility index (Phi) is 5.84. The number of urea groups is 1. The summed E-state index contributed by atoms with van der Waals surface area (Å²) in [6.07, 6.45) is 0.732. The molecule has 1 atom stereocenters. The Labute approximate surface area is 152 Å². The molecule has 0 fully saturated rings. The van der Waals surface area contributed by atoms with Crippen molar-refractivity contribution in [1.29, 1.82) is 5.26 Å². The van der Waals surface area contributed by atoms with Crippen LogP contribution in [0, 0.1) is 11.3 Å². The summed E-state index contributed by atoms with van der Waals surface area (Å²) < 4.78 is 10.8. The number of ether oxygens (including phenoxy) is 2. The number of nitriles is 1. The lowest BCUT2D eigenvalue weighted by Gasteiger charge is -2.25. The minimum atomic E-state index is -0.323.